The summed E-state index contributed by atoms with van der Waals surface area (Å²) in [4.78, 5) is 56.9. The first-order valence-corrected chi connectivity index (χ1v) is 13.9. The number of hydrogen-bond acceptors (Lipinski definition) is 7. The van der Waals surface area contributed by atoms with Gasteiger partial charge in [0.1, 0.15) is 29.1 Å². The van der Waals surface area contributed by atoms with Gasteiger partial charge in [-0.15, -0.1) is 0 Å². The van der Waals surface area contributed by atoms with Crippen molar-refractivity contribution < 1.29 is 33.8 Å². The Bertz CT molecular complexity index is 1570. The van der Waals surface area contributed by atoms with Crippen LogP contribution in [0.15, 0.2) is 36.5 Å². The van der Waals surface area contributed by atoms with Crippen molar-refractivity contribution in [2.45, 2.75) is 64.3 Å². The van der Waals surface area contributed by atoms with Gasteiger partial charge in [0.15, 0.2) is 0 Å². The van der Waals surface area contributed by atoms with E-state index in [4.69, 9.17) is 20.2 Å². The molecule has 42 heavy (non-hydrogen) atoms. The zero-order chi connectivity index (χ0) is 30.3. The normalized spacial score (nSPS) is 17.4. The second kappa shape index (κ2) is 11.0. The molecule has 1 saturated heterocycles. The molecule has 0 radical (unpaired) electrons. The second-order valence-electron chi connectivity index (χ2n) is 11.8. The summed E-state index contributed by atoms with van der Waals surface area (Å²) in [6.07, 6.45) is 1.23. The van der Waals surface area contributed by atoms with Gasteiger partial charge >= 0.3 is 12.1 Å². The molecular weight excluding hydrogens is 542 g/mol. The Labute approximate surface area is 243 Å². The number of fused-ring (bicyclic) bond motifs is 2. The zero-order valence-electron chi connectivity index (χ0n) is 24.1. The number of rotatable bonds is 8. The Kier molecular flexibility index (Phi) is 7.56. The van der Waals surface area contributed by atoms with Crippen LogP contribution in [0, 0.1) is 0 Å². The Morgan fingerprint density at radius 2 is 1.95 bits per heavy atom. The average molecular weight is 578 g/mol. The molecule has 2 aliphatic rings. The Balaban J connectivity index is 1.39. The molecule has 2 aromatic heterocycles. The number of nitrogens with zero attached hydrogens (tertiary/aromatic N) is 4. The molecule has 0 saturated carbocycles. The number of amides is 3. The van der Waals surface area contributed by atoms with E-state index in [0.717, 1.165) is 10.9 Å². The van der Waals surface area contributed by atoms with Crippen LogP contribution in [0.3, 0.4) is 0 Å². The quantitative estimate of drug-likeness (QED) is 0.386. The highest BCUT2D eigenvalue weighted by molar-refractivity contribution is 6.01. The maximum absolute atomic E-state index is 13.3. The molecule has 0 aliphatic carbocycles. The zero-order valence-corrected chi connectivity index (χ0v) is 24.1. The van der Waals surface area contributed by atoms with Crippen molar-refractivity contribution >= 4 is 34.9 Å². The van der Waals surface area contributed by atoms with Crippen LogP contribution in [0.25, 0.3) is 22.3 Å². The minimum Gasteiger partial charge on any atom is -0.488 e. The summed E-state index contributed by atoms with van der Waals surface area (Å²) in [7, 11) is 1.88. The summed E-state index contributed by atoms with van der Waals surface area (Å²) >= 11 is 0. The van der Waals surface area contributed by atoms with E-state index < -0.39 is 29.6 Å². The van der Waals surface area contributed by atoms with Crippen molar-refractivity contribution in [1.29, 1.82) is 0 Å². The van der Waals surface area contributed by atoms with Crippen molar-refractivity contribution in [1.82, 2.24) is 19.4 Å². The Hall–Kier alpha value is -4.61. The first kappa shape index (κ1) is 28.9. The number of hydrogen-bond donors (Lipinski definition) is 2. The molecule has 1 fully saturated rings. The predicted molar refractivity (Wildman–Crippen MR) is 153 cm³/mol. The number of likely N-dealkylation sites (tertiary alicyclic amines) is 1. The van der Waals surface area contributed by atoms with Gasteiger partial charge in [-0.05, 0) is 51.0 Å². The van der Waals surface area contributed by atoms with Crippen LogP contribution in [0.4, 0.5) is 4.79 Å². The monoisotopic (exact) mass is 577 g/mol. The highest BCUT2D eigenvalue weighted by atomic mass is 16.6. The highest BCUT2D eigenvalue weighted by Crippen LogP contribution is 2.35. The fraction of sp³-hybridized carbons (Fsp3) is 0.433. The second-order valence-corrected chi connectivity index (χ2v) is 11.8. The van der Waals surface area contributed by atoms with E-state index in [1.165, 1.54) is 9.80 Å². The standard InChI is InChI=1S/C30H35N5O7/c1-30(2,3)42-25(36)8-7-23(26(31)37)35-15-18-13-17(5-6-20(18)28(35)38)22-14-24(21-10-11-33(4)27(21)32-22)41-19-9-12-34(16-19)29(39)40/h5-6,10-11,13-14,19,23H,7-9,12,15-16H2,1-4H3,(H2,31,37)(H,39,40)/t19-,23?/m1/s1. The lowest BCUT2D eigenvalue weighted by Crippen LogP contribution is -2.45. The molecule has 5 rings (SSSR count). The summed E-state index contributed by atoms with van der Waals surface area (Å²) in [6.45, 7) is 6.14. The van der Waals surface area contributed by atoms with Crippen molar-refractivity contribution in [3.63, 3.8) is 0 Å². The maximum Gasteiger partial charge on any atom is 0.407 e. The van der Waals surface area contributed by atoms with Crippen LogP contribution >= 0.6 is 0 Å². The lowest BCUT2D eigenvalue weighted by Gasteiger charge is -2.25. The molecule has 2 atom stereocenters. The number of benzene rings is 1. The topological polar surface area (TPSA) is 157 Å². The average Bonchev–Trinajstić information content (AvgIpc) is 3.61. The molecule has 2 aliphatic heterocycles. The highest BCUT2D eigenvalue weighted by Gasteiger charge is 2.36. The molecule has 0 spiro atoms. The SMILES string of the molecule is Cn1ccc2c(O[C@@H]3CCN(C(=O)O)C3)cc(-c3ccc4c(c3)CN(C(CCC(=O)OC(C)(C)C)C(N)=O)C4=O)nc21. The van der Waals surface area contributed by atoms with E-state index in [-0.39, 0.29) is 37.9 Å². The lowest BCUT2D eigenvalue weighted by atomic mass is 10.0. The minimum atomic E-state index is -0.966. The van der Waals surface area contributed by atoms with Crippen molar-refractivity contribution in [3.8, 4) is 17.0 Å². The number of esters is 1. The van der Waals surface area contributed by atoms with E-state index >= 15 is 0 Å². The van der Waals surface area contributed by atoms with Crippen molar-refractivity contribution in [2.75, 3.05) is 13.1 Å². The number of primary amides is 1. The van der Waals surface area contributed by atoms with Gasteiger partial charge in [-0.25, -0.2) is 9.78 Å². The smallest absolute Gasteiger partial charge is 0.407 e. The predicted octanol–water partition coefficient (Wildman–Crippen LogP) is 3.30. The first-order chi connectivity index (χ1) is 19.8. The van der Waals surface area contributed by atoms with Crippen molar-refractivity contribution in [2.24, 2.45) is 12.8 Å². The molecule has 1 aromatic carbocycles. The molecule has 0 bridgehead atoms. The molecule has 3 aromatic rings. The fourth-order valence-electron chi connectivity index (χ4n) is 5.48. The number of pyridine rings is 1. The molecule has 3 amide bonds. The third kappa shape index (κ3) is 5.88. The summed E-state index contributed by atoms with van der Waals surface area (Å²) in [5, 5.41) is 10.1. The molecular formula is C30H35N5O7. The number of nitrogens with two attached hydrogens (primary N) is 1. The fourth-order valence-corrected chi connectivity index (χ4v) is 5.48. The molecule has 4 heterocycles. The van der Waals surface area contributed by atoms with Gasteiger partial charge in [0.25, 0.3) is 5.91 Å². The van der Waals surface area contributed by atoms with Gasteiger partial charge in [-0.3, -0.25) is 14.4 Å². The molecule has 12 heteroatoms. The maximum atomic E-state index is 13.3. The third-order valence-electron chi connectivity index (χ3n) is 7.49. The summed E-state index contributed by atoms with van der Waals surface area (Å²) in [6, 6.07) is 8.14. The Morgan fingerprint density at radius 1 is 1.19 bits per heavy atom. The number of carbonyl (C=O) groups is 4. The van der Waals surface area contributed by atoms with Crippen LogP contribution in [-0.4, -0.2) is 79.2 Å². The van der Waals surface area contributed by atoms with Gasteiger partial charge in [-0.1, -0.05) is 6.07 Å². The minimum absolute atomic E-state index is 0.0507. The number of aromatic nitrogens is 2. The van der Waals surface area contributed by atoms with Gasteiger partial charge in [0.2, 0.25) is 5.91 Å². The number of aryl methyl sites for hydroxylation is 1. The van der Waals surface area contributed by atoms with Crippen LogP contribution in [0.1, 0.15) is 56.0 Å². The molecule has 12 nitrogen and oxygen atoms in total. The van der Waals surface area contributed by atoms with E-state index in [9.17, 15) is 24.3 Å². The lowest BCUT2D eigenvalue weighted by molar-refractivity contribution is -0.155. The van der Waals surface area contributed by atoms with Crippen molar-refractivity contribution in [3.05, 3.63) is 47.7 Å². The molecule has 1 unspecified atom stereocenters. The van der Waals surface area contributed by atoms with Gasteiger partial charge in [-0.2, -0.15) is 0 Å². The van der Waals surface area contributed by atoms with Crippen LogP contribution in [-0.2, 0) is 27.9 Å². The van der Waals surface area contributed by atoms with Gasteiger partial charge in [0, 0.05) is 56.4 Å². The number of carboxylic acid groups (broad SMARTS) is 1. The number of carbonyl (C=O) groups excluding carboxylic acids is 3. The summed E-state index contributed by atoms with van der Waals surface area (Å²) in [5.41, 5.74) is 8.25. The molecule has 3 N–H and O–H groups in total. The van der Waals surface area contributed by atoms with E-state index in [1.54, 1.807) is 32.9 Å². The third-order valence-corrected chi connectivity index (χ3v) is 7.49. The van der Waals surface area contributed by atoms with E-state index in [2.05, 4.69) is 0 Å². The van der Waals surface area contributed by atoms with Crippen LogP contribution in [0.2, 0.25) is 0 Å². The van der Waals surface area contributed by atoms with E-state index in [1.807, 2.05) is 36.0 Å². The first-order valence-electron chi connectivity index (χ1n) is 13.9. The molecule has 222 valence electrons. The van der Waals surface area contributed by atoms with Gasteiger partial charge < -0.3 is 34.7 Å². The van der Waals surface area contributed by atoms with Crippen LogP contribution < -0.4 is 10.5 Å². The summed E-state index contributed by atoms with van der Waals surface area (Å²) < 4.78 is 13.5. The summed E-state index contributed by atoms with van der Waals surface area (Å²) in [5.74, 6) is -0.884. The van der Waals surface area contributed by atoms with E-state index in [0.29, 0.717) is 41.2 Å². The van der Waals surface area contributed by atoms with Crippen LogP contribution in [0.5, 0.6) is 5.75 Å². The largest absolute Gasteiger partial charge is 0.488 e. The Morgan fingerprint density at radius 3 is 2.62 bits per heavy atom. The van der Waals surface area contributed by atoms with Gasteiger partial charge in [0.05, 0.1) is 17.6 Å². The number of ether oxygens (including phenoxy) is 2.